The van der Waals surface area contributed by atoms with Gasteiger partial charge in [0.25, 0.3) is 0 Å². The summed E-state index contributed by atoms with van der Waals surface area (Å²) < 4.78 is 17.4. The standard InChI is InChI=1S/C27H53BrO4.C2H6/c1-3-5-7-9-13-18-24-31-27(32-25-19-14-10-8-6-4-2)21-20-26(29)30-23-17-15-11-12-16-22-28;1-2/h27H,3-25H2,1-2H3;1-2H3. The SMILES string of the molecule is CC.CCCCCCCCOC(CCC(=O)OCCCCCCCBr)OCCCCCCCC. The Morgan fingerprint density at radius 2 is 1.03 bits per heavy atom. The number of alkyl halides is 1. The molecule has 0 N–H and O–H groups in total. The van der Waals surface area contributed by atoms with Crippen molar-refractivity contribution in [3.63, 3.8) is 0 Å². The van der Waals surface area contributed by atoms with Gasteiger partial charge in [0, 0.05) is 25.0 Å². The van der Waals surface area contributed by atoms with Crippen LogP contribution in [-0.2, 0) is 19.0 Å². The minimum absolute atomic E-state index is 0.123. The largest absolute Gasteiger partial charge is 0.466 e. The van der Waals surface area contributed by atoms with Crippen LogP contribution >= 0.6 is 15.9 Å². The highest BCUT2D eigenvalue weighted by molar-refractivity contribution is 9.09. The summed E-state index contributed by atoms with van der Waals surface area (Å²) in [4.78, 5) is 12.1. The first kappa shape index (κ1) is 36.0. The van der Waals surface area contributed by atoms with Crippen molar-refractivity contribution < 1.29 is 19.0 Å². The normalized spacial score (nSPS) is 10.9. The second kappa shape index (κ2) is 32.9. The van der Waals surface area contributed by atoms with E-state index in [1.807, 2.05) is 13.8 Å². The first-order valence-electron chi connectivity index (χ1n) is 14.7. The highest BCUT2D eigenvalue weighted by Crippen LogP contribution is 2.12. The number of ether oxygens (including phenoxy) is 3. The average molecular weight is 552 g/mol. The molecule has 0 aliphatic rings. The van der Waals surface area contributed by atoms with Gasteiger partial charge < -0.3 is 14.2 Å². The molecule has 0 heterocycles. The zero-order valence-electron chi connectivity index (χ0n) is 23.4. The number of halogens is 1. The molecule has 5 heteroatoms. The Kier molecular flexibility index (Phi) is 34.8. The molecule has 0 atom stereocenters. The van der Waals surface area contributed by atoms with Gasteiger partial charge in [-0.15, -0.1) is 0 Å². The Morgan fingerprint density at radius 1 is 0.618 bits per heavy atom. The van der Waals surface area contributed by atoms with Gasteiger partial charge in [0.1, 0.15) is 0 Å². The van der Waals surface area contributed by atoms with Crippen LogP contribution in [0.1, 0.15) is 150 Å². The number of hydrogen-bond acceptors (Lipinski definition) is 4. The van der Waals surface area contributed by atoms with Crippen molar-refractivity contribution in [3.05, 3.63) is 0 Å². The summed E-state index contributed by atoms with van der Waals surface area (Å²) in [5.41, 5.74) is 0. The minimum atomic E-state index is -0.280. The van der Waals surface area contributed by atoms with Gasteiger partial charge in [0.2, 0.25) is 0 Å². The molecule has 0 amide bonds. The molecule has 0 saturated carbocycles. The van der Waals surface area contributed by atoms with E-state index in [1.54, 1.807) is 0 Å². The number of rotatable bonds is 26. The topological polar surface area (TPSA) is 44.8 Å². The zero-order chi connectivity index (χ0) is 25.5. The summed E-state index contributed by atoms with van der Waals surface area (Å²) in [7, 11) is 0. The smallest absolute Gasteiger partial charge is 0.305 e. The maximum atomic E-state index is 12.1. The summed E-state index contributed by atoms with van der Waals surface area (Å²) in [6.45, 7) is 10.5. The van der Waals surface area contributed by atoms with Crippen LogP contribution < -0.4 is 0 Å². The number of unbranched alkanes of at least 4 members (excludes halogenated alkanes) is 14. The summed E-state index contributed by atoms with van der Waals surface area (Å²) in [6.07, 6.45) is 21.4. The summed E-state index contributed by atoms with van der Waals surface area (Å²) in [5, 5.41) is 1.07. The third-order valence-electron chi connectivity index (χ3n) is 5.73. The fraction of sp³-hybridized carbons (Fsp3) is 0.966. The molecule has 0 fully saturated rings. The van der Waals surface area contributed by atoms with E-state index in [9.17, 15) is 4.79 Å². The van der Waals surface area contributed by atoms with Crippen molar-refractivity contribution in [3.8, 4) is 0 Å². The van der Waals surface area contributed by atoms with E-state index in [2.05, 4.69) is 29.8 Å². The lowest BCUT2D eigenvalue weighted by Crippen LogP contribution is -2.21. The number of carbonyl (C=O) groups excluding carboxylic acids is 1. The van der Waals surface area contributed by atoms with Gasteiger partial charge in [0.15, 0.2) is 6.29 Å². The van der Waals surface area contributed by atoms with Crippen molar-refractivity contribution in [1.82, 2.24) is 0 Å². The van der Waals surface area contributed by atoms with Gasteiger partial charge in [-0.2, -0.15) is 0 Å². The summed E-state index contributed by atoms with van der Waals surface area (Å²) in [6, 6.07) is 0. The van der Waals surface area contributed by atoms with E-state index in [0.29, 0.717) is 19.4 Å². The zero-order valence-corrected chi connectivity index (χ0v) is 24.9. The quantitative estimate of drug-likeness (QED) is 0.0464. The van der Waals surface area contributed by atoms with Crippen LogP contribution in [0.4, 0.5) is 0 Å². The monoisotopic (exact) mass is 550 g/mol. The Bertz CT molecular complexity index is 361. The van der Waals surface area contributed by atoms with Gasteiger partial charge in [-0.05, 0) is 25.7 Å². The molecule has 0 rings (SSSR count). The van der Waals surface area contributed by atoms with Crippen LogP contribution in [-0.4, -0.2) is 37.4 Å². The maximum absolute atomic E-state index is 12.1. The Labute approximate surface area is 221 Å². The highest BCUT2D eigenvalue weighted by Gasteiger charge is 2.13. The molecule has 0 aromatic heterocycles. The first-order valence-corrected chi connectivity index (χ1v) is 15.8. The van der Waals surface area contributed by atoms with Crippen molar-refractivity contribution in [2.45, 2.75) is 156 Å². The van der Waals surface area contributed by atoms with Gasteiger partial charge in [-0.3, -0.25) is 4.79 Å². The molecule has 0 saturated heterocycles. The molecule has 34 heavy (non-hydrogen) atoms. The molecule has 0 aliphatic heterocycles. The second-order valence-electron chi connectivity index (χ2n) is 8.92. The minimum Gasteiger partial charge on any atom is -0.466 e. The summed E-state index contributed by atoms with van der Waals surface area (Å²) >= 11 is 3.45. The lowest BCUT2D eigenvalue weighted by atomic mass is 10.1. The molecule has 0 spiro atoms. The van der Waals surface area contributed by atoms with Crippen molar-refractivity contribution in [1.29, 1.82) is 0 Å². The number of carbonyl (C=O) groups is 1. The van der Waals surface area contributed by atoms with Gasteiger partial charge >= 0.3 is 5.97 Å². The van der Waals surface area contributed by atoms with Crippen LogP contribution in [0.15, 0.2) is 0 Å². The number of esters is 1. The lowest BCUT2D eigenvalue weighted by Gasteiger charge is -2.18. The second-order valence-corrected chi connectivity index (χ2v) is 9.72. The molecule has 0 aromatic rings. The Morgan fingerprint density at radius 3 is 1.50 bits per heavy atom. The molecule has 0 radical (unpaired) electrons. The van der Waals surface area contributed by atoms with E-state index >= 15 is 0 Å². The third-order valence-corrected chi connectivity index (χ3v) is 6.29. The molecule has 0 unspecified atom stereocenters. The third kappa shape index (κ3) is 29.9. The van der Waals surface area contributed by atoms with Crippen molar-refractivity contribution in [2.75, 3.05) is 25.2 Å². The lowest BCUT2D eigenvalue weighted by molar-refractivity contribution is -0.159. The highest BCUT2D eigenvalue weighted by atomic mass is 79.9. The van der Waals surface area contributed by atoms with Crippen molar-refractivity contribution in [2.24, 2.45) is 0 Å². The molecule has 4 nitrogen and oxygen atoms in total. The predicted octanol–water partition coefficient (Wildman–Crippen LogP) is 9.76. The van der Waals surface area contributed by atoms with E-state index in [1.165, 1.54) is 83.5 Å². The van der Waals surface area contributed by atoms with Gasteiger partial charge in [0.05, 0.1) is 13.0 Å². The van der Waals surface area contributed by atoms with Gasteiger partial charge in [-0.1, -0.05) is 127 Å². The Hall–Kier alpha value is -0.130. The van der Waals surface area contributed by atoms with Crippen LogP contribution in [0, 0.1) is 0 Å². The summed E-state index contributed by atoms with van der Waals surface area (Å²) in [5.74, 6) is -0.123. The fourth-order valence-corrected chi connectivity index (χ4v) is 4.03. The van der Waals surface area contributed by atoms with Crippen LogP contribution in [0.2, 0.25) is 0 Å². The molecular weight excluding hydrogens is 492 g/mol. The van der Waals surface area contributed by atoms with E-state index in [4.69, 9.17) is 14.2 Å². The molecule has 206 valence electrons. The molecular formula is C29H59BrO4. The van der Waals surface area contributed by atoms with Crippen LogP contribution in [0.5, 0.6) is 0 Å². The molecule has 0 aromatic carbocycles. The predicted molar refractivity (Wildman–Crippen MR) is 151 cm³/mol. The van der Waals surface area contributed by atoms with Crippen molar-refractivity contribution >= 4 is 21.9 Å². The van der Waals surface area contributed by atoms with E-state index in [-0.39, 0.29) is 12.3 Å². The number of hydrogen-bond donors (Lipinski definition) is 0. The average Bonchev–Trinajstić information content (AvgIpc) is 2.86. The van der Waals surface area contributed by atoms with Gasteiger partial charge in [-0.25, -0.2) is 0 Å². The van der Waals surface area contributed by atoms with Crippen LogP contribution in [0.3, 0.4) is 0 Å². The first-order chi connectivity index (χ1) is 16.7. The molecule has 0 aliphatic carbocycles. The maximum Gasteiger partial charge on any atom is 0.305 e. The fourth-order valence-electron chi connectivity index (χ4n) is 3.63. The molecule has 0 bridgehead atoms. The van der Waals surface area contributed by atoms with Crippen LogP contribution in [0.25, 0.3) is 0 Å². The van der Waals surface area contributed by atoms with E-state index < -0.39 is 0 Å². The Balaban J connectivity index is 0. The van der Waals surface area contributed by atoms with E-state index in [0.717, 1.165) is 44.2 Å².